The molecular weight excluding hydrogens is 302 g/mol. The number of β-amino-alcohol motifs (C(OH)–C–C–N with tert-alkyl or cyclic N) is 1. The molecule has 2 atom stereocenters. The monoisotopic (exact) mass is 329 g/mol. The molecule has 0 spiro atoms. The molecule has 1 fully saturated rings. The molecule has 0 unspecified atom stereocenters. The second-order valence-electron chi connectivity index (χ2n) is 6.52. The van der Waals surface area contributed by atoms with E-state index in [-0.39, 0.29) is 0 Å². The fourth-order valence-electron chi connectivity index (χ4n) is 3.54. The van der Waals surface area contributed by atoms with Crippen molar-refractivity contribution in [2.45, 2.75) is 44.4 Å². The van der Waals surface area contributed by atoms with Crippen LogP contribution >= 0.6 is 0 Å². The predicted molar refractivity (Wildman–Crippen MR) is 94.0 cm³/mol. The van der Waals surface area contributed by atoms with Crippen molar-refractivity contribution in [2.24, 2.45) is 0 Å². The lowest BCUT2D eigenvalue weighted by Crippen LogP contribution is -2.37. The van der Waals surface area contributed by atoms with Crippen molar-refractivity contribution in [1.29, 1.82) is 0 Å². The Bertz CT molecular complexity index is 598. The van der Waals surface area contributed by atoms with Crippen LogP contribution in [0.15, 0.2) is 42.7 Å². The molecule has 130 valence electrons. The zero-order chi connectivity index (χ0) is 16.8. The highest BCUT2D eigenvalue weighted by molar-refractivity contribution is 5.29. The Balaban J connectivity index is 1.69. The third-order valence-electron chi connectivity index (χ3n) is 4.77. The Kier molecular flexibility index (Phi) is 5.88. The minimum atomic E-state index is -0.413. The molecule has 5 nitrogen and oxygen atoms in total. The summed E-state index contributed by atoms with van der Waals surface area (Å²) in [6.07, 6.45) is 8.07. The standard InChI is InChI=1S/C19H27N3O2/c1-24-18-9-7-16(8-10-18)19-6-3-2-4-12-21(19)14-17(23)15-22-13-5-11-20-22/h5,7-11,13,17,19,23H,2-4,6,12,14-15H2,1H3/t17-,19-/m1/s1. The number of aliphatic hydroxyl groups is 1. The van der Waals surface area contributed by atoms with E-state index >= 15 is 0 Å². The van der Waals surface area contributed by atoms with Gasteiger partial charge in [0.2, 0.25) is 0 Å². The van der Waals surface area contributed by atoms with Gasteiger partial charge in [0.05, 0.1) is 19.8 Å². The number of benzene rings is 1. The zero-order valence-electron chi connectivity index (χ0n) is 14.3. The summed E-state index contributed by atoms with van der Waals surface area (Å²) < 4.78 is 7.06. The molecule has 1 aliphatic rings. The molecule has 0 saturated carbocycles. The van der Waals surface area contributed by atoms with E-state index in [1.54, 1.807) is 18.0 Å². The normalized spacial score (nSPS) is 20.5. The van der Waals surface area contributed by atoms with Crippen LogP contribution < -0.4 is 4.74 Å². The lowest BCUT2D eigenvalue weighted by molar-refractivity contribution is 0.0737. The summed E-state index contributed by atoms with van der Waals surface area (Å²) >= 11 is 0. The van der Waals surface area contributed by atoms with Gasteiger partial charge in [-0.1, -0.05) is 25.0 Å². The molecule has 0 radical (unpaired) electrons. The van der Waals surface area contributed by atoms with E-state index in [9.17, 15) is 5.11 Å². The van der Waals surface area contributed by atoms with Crippen molar-refractivity contribution < 1.29 is 9.84 Å². The molecule has 5 heteroatoms. The lowest BCUT2D eigenvalue weighted by atomic mass is 10.0. The maximum atomic E-state index is 10.5. The predicted octanol–water partition coefficient (Wildman–Crippen LogP) is 2.87. The SMILES string of the molecule is COc1ccc([C@H]2CCCCCN2C[C@@H](O)Cn2cccn2)cc1. The van der Waals surface area contributed by atoms with Crippen LogP contribution in [0.25, 0.3) is 0 Å². The van der Waals surface area contributed by atoms with Crippen molar-refractivity contribution >= 4 is 0 Å². The van der Waals surface area contributed by atoms with E-state index in [1.165, 1.54) is 24.8 Å². The van der Waals surface area contributed by atoms with Crippen LogP contribution in [0.1, 0.15) is 37.3 Å². The highest BCUT2D eigenvalue weighted by atomic mass is 16.5. The number of ether oxygens (including phenoxy) is 1. The van der Waals surface area contributed by atoms with Gasteiger partial charge >= 0.3 is 0 Å². The van der Waals surface area contributed by atoms with Crippen molar-refractivity contribution in [3.8, 4) is 5.75 Å². The van der Waals surface area contributed by atoms with E-state index in [1.807, 2.05) is 24.4 Å². The quantitative estimate of drug-likeness (QED) is 0.885. The van der Waals surface area contributed by atoms with Crippen molar-refractivity contribution in [1.82, 2.24) is 14.7 Å². The van der Waals surface area contributed by atoms with E-state index in [0.717, 1.165) is 18.7 Å². The summed E-state index contributed by atoms with van der Waals surface area (Å²) in [6, 6.07) is 10.6. The third-order valence-corrected chi connectivity index (χ3v) is 4.77. The second kappa shape index (κ2) is 8.31. The van der Waals surface area contributed by atoms with Crippen molar-refractivity contribution in [3.05, 3.63) is 48.3 Å². The molecule has 0 bridgehead atoms. The topological polar surface area (TPSA) is 50.5 Å². The number of hydrogen-bond donors (Lipinski definition) is 1. The van der Waals surface area contributed by atoms with Gasteiger partial charge in [0.1, 0.15) is 5.75 Å². The van der Waals surface area contributed by atoms with Crippen LogP contribution in [-0.2, 0) is 6.54 Å². The molecule has 24 heavy (non-hydrogen) atoms. The van der Waals surface area contributed by atoms with Crippen molar-refractivity contribution in [3.63, 3.8) is 0 Å². The molecule has 1 saturated heterocycles. The van der Waals surface area contributed by atoms with E-state index in [0.29, 0.717) is 19.1 Å². The molecule has 1 aromatic heterocycles. The van der Waals surface area contributed by atoms with Gasteiger partial charge in [-0.15, -0.1) is 0 Å². The van der Waals surface area contributed by atoms with Crippen LogP contribution in [0.4, 0.5) is 0 Å². The van der Waals surface area contributed by atoms with Crippen LogP contribution in [-0.4, -0.2) is 46.1 Å². The van der Waals surface area contributed by atoms with Crippen LogP contribution in [0, 0.1) is 0 Å². The smallest absolute Gasteiger partial charge is 0.118 e. The molecular formula is C19H27N3O2. The third kappa shape index (κ3) is 4.36. The van der Waals surface area contributed by atoms with Gasteiger partial charge in [0, 0.05) is 25.0 Å². The maximum absolute atomic E-state index is 10.5. The number of aliphatic hydroxyl groups excluding tert-OH is 1. The molecule has 1 N–H and O–H groups in total. The van der Waals surface area contributed by atoms with Gasteiger partial charge in [0.15, 0.2) is 0 Å². The number of methoxy groups -OCH3 is 1. The maximum Gasteiger partial charge on any atom is 0.118 e. The molecule has 2 aromatic rings. The first-order valence-electron chi connectivity index (χ1n) is 8.80. The van der Waals surface area contributed by atoms with E-state index < -0.39 is 6.10 Å². The average Bonchev–Trinajstić information content (AvgIpc) is 3.00. The van der Waals surface area contributed by atoms with Gasteiger partial charge in [-0.25, -0.2) is 0 Å². The van der Waals surface area contributed by atoms with Gasteiger partial charge in [-0.05, 0) is 43.1 Å². The number of aromatic nitrogens is 2. The number of rotatable bonds is 6. The number of hydrogen-bond acceptors (Lipinski definition) is 4. The summed E-state index contributed by atoms with van der Waals surface area (Å²) in [5.41, 5.74) is 1.31. The largest absolute Gasteiger partial charge is 0.497 e. The summed E-state index contributed by atoms with van der Waals surface area (Å²) in [5, 5.41) is 14.7. The Morgan fingerprint density at radius 1 is 1.21 bits per heavy atom. The number of nitrogens with zero attached hydrogens (tertiary/aromatic N) is 3. The molecule has 0 aliphatic carbocycles. The summed E-state index contributed by atoms with van der Waals surface area (Å²) in [4.78, 5) is 2.43. The van der Waals surface area contributed by atoms with Gasteiger partial charge in [-0.3, -0.25) is 9.58 Å². The molecule has 1 aliphatic heterocycles. The van der Waals surface area contributed by atoms with E-state index in [2.05, 4.69) is 22.1 Å². The Morgan fingerprint density at radius 3 is 2.75 bits per heavy atom. The molecule has 1 aromatic carbocycles. The van der Waals surface area contributed by atoms with Crippen molar-refractivity contribution in [2.75, 3.05) is 20.2 Å². The summed E-state index contributed by atoms with van der Waals surface area (Å²) in [7, 11) is 1.69. The van der Waals surface area contributed by atoms with Gasteiger partial charge in [0.25, 0.3) is 0 Å². The zero-order valence-corrected chi connectivity index (χ0v) is 14.3. The van der Waals surface area contributed by atoms with Crippen LogP contribution in [0.2, 0.25) is 0 Å². The highest BCUT2D eigenvalue weighted by Crippen LogP contribution is 2.31. The Morgan fingerprint density at radius 2 is 2.04 bits per heavy atom. The summed E-state index contributed by atoms with van der Waals surface area (Å²) in [6.45, 7) is 2.25. The van der Waals surface area contributed by atoms with E-state index in [4.69, 9.17) is 4.74 Å². The Labute approximate surface area is 143 Å². The molecule has 0 amide bonds. The highest BCUT2D eigenvalue weighted by Gasteiger charge is 2.24. The molecule has 3 rings (SSSR count). The number of likely N-dealkylation sites (tertiary alicyclic amines) is 1. The molecule has 2 heterocycles. The first kappa shape index (κ1) is 17.0. The average molecular weight is 329 g/mol. The minimum Gasteiger partial charge on any atom is -0.497 e. The first-order valence-corrected chi connectivity index (χ1v) is 8.80. The second-order valence-corrected chi connectivity index (χ2v) is 6.52. The Hall–Kier alpha value is -1.85. The minimum absolute atomic E-state index is 0.366. The fraction of sp³-hybridized carbons (Fsp3) is 0.526. The van der Waals surface area contributed by atoms with Crippen LogP contribution in [0.5, 0.6) is 5.75 Å². The van der Waals surface area contributed by atoms with Crippen LogP contribution in [0.3, 0.4) is 0 Å². The van der Waals surface area contributed by atoms with Gasteiger partial charge in [-0.2, -0.15) is 5.10 Å². The first-order chi connectivity index (χ1) is 11.8. The summed E-state index contributed by atoms with van der Waals surface area (Å²) in [5.74, 6) is 0.887. The van der Waals surface area contributed by atoms with Gasteiger partial charge < -0.3 is 9.84 Å². The lowest BCUT2D eigenvalue weighted by Gasteiger charge is -2.32. The fourth-order valence-corrected chi connectivity index (χ4v) is 3.54.